The van der Waals surface area contributed by atoms with Gasteiger partial charge in [-0.15, -0.1) is 0 Å². The number of aromatic nitrogens is 4. The largest absolute Gasteiger partial charge is 0.341 e. The number of H-pyrrole nitrogens is 2. The molecule has 0 unspecified atom stereocenters. The lowest BCUT2D eigenvalue weighted by Gasteiger charge is -2.09. The van der Waals surface area contributed by atoms with Crippen LogP contribution in [0.4, 0.5) is 0 Å². The van der Waals surface area contributed by atoms with Crippen LogP contribution in [-0.4, -0.2) is 31.5 Å². The molecule has 0 aromatic carbocycles. The summed E-state index contributed by atoms with van der Waals surface area (Å²) >= 11 is 0. The number of hydrogen-bond acceptors (Lipinski definition) is 5. The van der Waals surface area contributed by atoms with Crippen LogP contribution >= 0.6 is 0 Å². The maximum atomic E-state index is 11.9. The molecule has 1 aliphatic carbocycles. The standard InChI is InChI=1S/C9H4N4O3/c14-7-3-4(10-2-13-9(3)16)8(15)6-5(7)11-1-12-6/h1-2H,(H,11,12)(H,10,13,16). The number of aromatic amines is 2. The lowest BCUT2D eigenvalue weighted by Crippen LogP contribution is -2.30. The number of imidazole rings is 1. The molecule has 78 valence electrons. The summed E-state index contributed by atoms with van der Waals surface area (Å²) in [5.74, 6) is -1.08. The predicted octanol–water partition coefficient (Wildman–Crippen LogP) is -0.732. The van der Waals surface area contributed by atoms with Crippen LogP contribution < -0.4 is 5.56 Å². The van der Waals surface area contributed by atoms with Crippen LogP contribution in [0.3, 0.4) is 0 Å². The molecule has 2 heterocycles. The number of rotatable bonds is 0. The summed E-state index contributed by atoms with van der Waals surface area (Å²) in [6.07, 6.45) is 2.32. The van der Waals surface area contributed by atoms with E-state index in [9.17, 15) is 14.4 Å². The summed E-state index contributed by atoms with van der Waals surface area (Å²) in [4.78, 5) is 47.4. The van der Waals surface area contributed by atoms with Gasteiger partial charge in [0.2, 0.25) is 11.6 Å². The van der Waals surface area contributed by atoms with E-state index in [0.29, 0.717) is 0 Å². The Kier molecular flexibility index (Phi) is 1.48. The molecule has 0 saturated carbocycles. The lowest BCUT2D eigenvalue weighted by atomic mass is 9.95. The molecule has 0 spiro atoms. The first-order chi connectivity index (χ1) is 7.70. The minimum Gasteiger partial charge on any atom is -0.341 e. The van der Waals surface area contributed by atoms with Gasteiger partial charge < -0.3 is 9.97 Å². The van der Waals surface area contributed by atoms with Crippen LogP contribution in [0.1, 0.15) is 32.2 Å². The van der Waals surface area contributed by atoms with E-state index >= 15 is 0 Å². The van der Waals surface area contributed by atoms with Gasteiger partial charge in [-0.05, 0) is 0 Å². The Morgan fingerprint density at radius 2 is 1.56 bits per heavy atom. The molecular weight excluding hydrogens is 212 g/mol. The third kappa shape index (κ3) is 0.888. The predicted molar refractivity (Wildman–Crippen MR) is 50.3 cm³/mol. The lowest BCUT2D eigenvalue weighted by molar-refractivity contribution is 0.0969. The van der Waals surface area contributed by atoms with Crippen molar-refractivity contribution in [3.05, 3.63) is 45.7 Å². The Morgan fingerprint density at radius 3 is 2.38 bits per heavy atom. The molecule has 1 aliphatic rings. The van der Waals surface area contributed by atoms with Gasteiger partial charge in [-0.3, -0.25) is 14.4 Å². The molecule has 0 fully saturated rings. The highest BCUT2D eigenvalue weighted by molar-refractivity contribution is 6.25. The SMILES string of the molecule is O=C1c2nc[nH]c2C(=O)c2c1nc[nH]c2=O. The van der Waals surface area contributed by atoms with Crippen LogP contribution in [-0.2, 0) is 0 Å². The second-order valence-electron chi connectivity index (χ2n) is 3.24. The number of carbonyl (C=O) groups is 2. The zero-order valence-corrected chi connectivity index (χ0v) is 7.77. The van der Waals surface area contributed by atoms with Gasteiger partial charge in [0.1, 0.15) is 22.6 Å². The van der Waals surface area contributed by atoms with Gasteiger partial charge in [-0.25, -0.2) is 9.97 Å². The minimum absolute atomic E-state index is 0.00981. The van der Waals surface area contributed by atoms with E-state index in [4.69, 9.17) is 0 Å². The topological polar surface area (TPSA) is 109 Å². The number of nitrogens with zero attached hydrogens (tertiary/aromatic N) is 2. The van der Waals surface area contributed by atoms with Crippen molar-refractivity contribution in [2.24, 2.45) is 0 Å². The van der Waals surface area contributed by atoms with Crippen molar-refractivity contribution < 1.29 is 9.59 Å². The molecule has 2 N–H and O–H groups in total. The van der Waals surface area contributed by atoms with Crippen molar-refractivity contribution in [3.8, 4) is 0 Å². The van der Waals surface area contributed by atoms with Crippen LogP contribution in [0.25, 0.3) is 0 Å². The fraction of sp³-hybridized carbons (Fsp3) is 0. The Hall–Kier alpha value is -2.57. The molecule has 7 heteroatoms. The molecule has 0 bridgehead atoms. The van der Waals surface area contributed by atoms with E-state index in [1.807, 2.05) is 0 Å². The van der Waals surface area contributed by atoms with Gasteiger partial charge in [-0.1, -0.05) is 0 Å². The van der Waals surface area contributed by atoms with Crippen molar-refractivity contribution in [1.82, 2.24) is 19.9 Å². The van der Waals surface area contributed by atoms with Gasteiger partial charge in [0.05, 0.1) is 12.7 Å². The number of fused-ring (bicyclic) bond motifs is 2. The fourth-order valence-corrected chi connectivity index (χ4v) is 1.66. The second-order valence-corrected chi connectivity index (χ2v) is 3.24. The highest BCUT2D eigenvalue weighted by atomic mass is 16.2. The maximum Gasteiger partial charge on any atom is 0.262 e. The van der Waals surface area contributed by atoms with E-state index in [2.05, 4.69) is 19.9 Å². The fourth-order valence-electron chi connectivity index (χ4n) is 1.66. The van der Waals surface area contributed by atoms with E-state index in [0.717, 1.165) is 6.33 Å². The van der Waals surface area contributed by atoms with E-state index in [-0.39, 0.29) is 22.6 Å². The molecule has 0 atom stereocenters. The third-order valence-electron chi connectivity index (χ3n) is 2.38. The van der Waals surface area contributed by atoms with Crippen molar-refractivity contribution in [1.29, 1.82) is 0 Å². The molecule has 16 heavy (non-hydrogen) atoms. The molecule has 0 saturated heterocycles. The Labute approximate surface area is 87.6 Å². The monoisotopic (exact) mass is 216 g/mol. The van der Waals surface area contributed by atoms with Gasteiger partial charge in [-0.2, -0.15) is 0 Å². The summed E-state index contributed by atoms with van der Waals surface area (Å²) in [7, 11) is 0. The maximum absolute atomic E-state index is 11.9. The molecular formula is C9H4N4O3. The first-order valence-electron chi connectivity index (χ1n) is 4.40. The van der Waals surface area contributed by atoms with Crippen molar-refractivity contribution in [3.63, 3.8) is 0 Å². The van der Waals surface area contributed by atoms with Gasteiger partial charge in [0.25, 0.3) is 5.56 Å². The number of ketones is 2. The Morgan fingerprint density at radius 1 is 0.875 bits per heavy atom. The first-order valence-corrected chi connectivity index (χ1v) is 4.40. The average Bonchev–Trinajstić information content (AvgIpc) is 2.75. The van der Waals surface area contributed by atoms with Crippen molar-refractivity contribution in [2.75, 3.05) is 0 Å². The molecule has 7 nitrogen and oxygen atoms in total. The highest BCUT2D eigenvalue weighted by Gasteiger charge is 2.35. The summed E-state index contributed by atoms with van der Waals surface area (Å²) in [6.45, 7) is 0. The Bertz CT molecular complexity index is 682. The zero-order valence-electron chi connectivity index (χ0n) is 7.77. The molecule has 0 aliphatic heterocycles. The molecule has 3 rings (SSSR count). The van der Waals surface area contributed by atoms with Crippen molar-refractivity contribution >= 4 is 11.6 Å². The number of hydrogen-bond donors (Lipinski definition) is 2. The zero-order chi connectivity index (χ0) is 11.3. The minimum atomic E-state index is -0.622. The first kappa shape index (κ1) is 8.72. The normalized spacial score (nSPS) is 13.5. The average molecular weight is 216 g/mol. The molecule has 0 radical (unpaired) electrons. The smallest absolute Gasteiger partial charge is 0.262 e. The van der Waals surface area contributed by atoms with Crippen LogP contribution in [0.5, 0.6) is 0 Å². The van der Waals surface area contributed by atoms with E-state index < -0.39 is 17.1 Å². The van der Waals surface area contributed by atoms with Gasteiger partial charge in [0, 0.05) is 0 Å². The van der Waals surface area contributed by atoms with Crippen LogP contribution in [0.2, 0.25) is 0 Å². The highest BCUT2D eigenvalue weighted by Crippen LogP contribution is 2.20. The van der Waals surface area contributed by atoms with Crippen LogP contribution in [0.15, 0.2) is 17.4 Å². The summed E-state index contributed by atoms with van der Waals surface area (Å²) in [5, 5.41) is 0. The second kappa shape index (κ2) is 2.72. The molecule has 2 aromatic heterocycles. The summed E-state index contributed by atoms with van der Waals surface area (Å²) in [6, 6.07) is 0. The van der Waals surface area contributed by atoms with Crippen molar-refractivity contribution in [2.45, 2.75) is 0 Å². The molecule has 2 aromatic rings. The Balaban J connectivity index is 2.43. The van der Waals surface area contributed by atoms with E-state index in [1.165, 1.54) is 6.33 Å². The molecule has 0 amide bonds. The van der Waals surface area contributed by atoms with Gasteiger partial charge >= 0.3 is 0 Å². The summed E-state index contributed by atoms with van der Waals surface area (Å²) < 4.78 is 0. The van der Waals surface area contributed by atoms with Crippen LogP contribution in [0, 0.1) is 0 Å². The third-order valence-corrected chi connectivity index (χ3v) is 2.38. The van der Waals surface area contributed by atoms with E-state index in [1.54, 1.807) is 0 Å². The quantitative estimate of drug-likeness (QED) is 0.514. The van der Waals surface area contributed by atoms with Gasteiger partial charge in [0.15, 0.2) is 0 Å². The number of carbonyl (C=O) groups excluding carboxylic acids is 2. The number of nitrogens with one attached hydrogen (secondary N) is 2. The summed E-state index contributed by atoms with van der Waals surface area (Å²) in [5.41, 5.74) is -0.951.